The SMILES string of the molecule is C=CC(c1ccccc1OC)N(CC)CC. The molecule has 16 heavy (non-hydrogen) atoms. The lowest BCUT2D eigenvalue weighted by molar-refractivity contribution is 0.252. The van der Waals surface area contributed by atoms with Crippen molar-refractivity contribution >= 4 is 0 Å². The highest BCUT2D eigenvalue weighted by Crippen LogP contribution is 2.29. The van der Waals surface area contributed by atoms with Crippen LogP contribution in [0.15, 0.2) is 36.9 Å². The molecule has 0 aliphatic heterocycles. The Hall–Kier alpha value is -1.28. The number of benzene rings is 1. The smallest absolute Gasteiger partial charge is 0.123 e. The van der Waals surface area contributed by atoms with E-state index in [1.165, 1.54) is 5.56 Å². The third kappa shape index (κ3) is 2.64. The van der Waals surface area contributed by atoms with E-state index in [2.05, 4.69) is 31.4 Å². The van der Waals surface area contributed by atoms with Crippen LogP contribution in [0, 0.1) is 0 Å². The number of nitrogens with zero attached hydrogens (tertiary/aromatic N) is 1. The Morgan fingerprint density at radius 3 is 2.44 bits per heavy atom. The molecular weight excluding hydrogens is 198 g/mol. The van der Waals surface area contributed by atoms with Crippen LogP contribution >= 0.6 is 0 Å². The summed E-state index contributed by atoms with van der Waals surface area (Å²) in [6, 6.07) is 8.35. The summed E-state index contributed by atoms with van der Waals surface area (Å²) < 4.78 is 5.39. The van der Waals surface area contributed by atoms with Gasteiger partial charge in [-0.15, -0.1) is 6.58 Å². The number of ether oxygens (including phenoxy) is 1. The van der Waals surface area contributed by atoms with Gasteiger partial charge in [0.2, 0.25) is 0 Å². The molecule has 0 spiro atoms. The van der Waals surface area contributed by atoms with Crippen LogP contribution in [0.1, 0.15) is 25.5 Å². The summed E-state index contributed by atoms with van der Waals surface area (Å²) in [6.07, 6.45) is 1.98. The van der Waals surface area contributed by atoms with E-state index in [0.29, 0.717) is 0 Å². The van der Waals surface area contributed by atoms with Gasteiger partial charge in [-0.05, 0) is 19.2 Å². The van der Waals surface area contributed by atoms with E-state index in [1.807, 2.05) is 24.3 Å². The van der Waals surface area contributed by atoms with E-state index < -0.39 is 0 Å². The van der Waals surface area contributed by atoms with Crippen LogP contribution in [0.25, 0.3) is 0 Å². The summed E-state index contributed by atoms with van der Waals surface area (Å²) >= 11 is 0. The minimum atomic E-state index is 0.228. The maximum atomic E-state index is 5.39. The summed E-state index contributed by atoms with van der Waals surface area (Å²) in [5.41, 5.74) is 1.18. The van der Waals surface area contributed by atoms with Gasteiger partial charge in [-0.1, -0.05) is 38.1 Å². The highest BCUT2D eigenvalue weighted by molar-refractivity contribution is 5.37. The minimum absolute atomic E-state index is 0.228. The molecule has 0 aliphatic carbocycles. The van der Waals surface area contributed by atoms with Crippen molar-refractivity contribution in [2.24, 2.45) is 0 Å². The number of rotatable bonds is 6. The zero-order valence-corrected chi connectivity index (χ0v) is 10.4. The van der Waals surface area contributed by atoms with Gasteiger partial charge in [0.05, 0.1) is 13.2 Å². The van der Waals surface area contributed by atoms with E-state index in [4.69, 9.17) is 4.74 Å². The van der Waals surface area contributed by atoms with Crippen LogP contribution in [0.5, 0.6) is 5.75 Å². The first-order chi connectivity index (χ1) is 7.78. The highest BCUT2D eigenvalue weighted by atomic mass is 16.5. The van der Waals surface area contributed by atoms with Crippen molar-refractivity contribution in [2.75, 3.05) is 20.2 Å². The molecule has 0 saturated carbocycles. The van der Waals surface area contributed by atoms with Crippen molar-refractivity contribution in [2.45, 2.75) is 19.9 Å². The number of likely N-dealkylation sites (N-methyl/N-ethyl adjacent to an activating group) is 1. The predicted molar refractivity (Wildman–Crippen MR) is 68.9 cm³/mol. The fourth-order valence-corrected chi connectivity index (χ4v) is 2.00. The number of para-hydroxylation sites is 1. The molecule has 0 radical (unpaired) electrons. The topological polar surface area (TPSA) is 12.5 Å². The van der Waals surface area contributed by atoms with E-state index >= 15 is 0 Å². The molecule has 1 aromatic carbocycles. The highest BCUT2D eigenvalue weighted by Gasteiger charge is 2.17. The first-order valence-electron chi connectivity index (χ1n) is 5.77. The Labute approximate surface area is 98.5 Å². The fraction of sp³-hybridized carbons (Fsp3) is 0.429. The zero-order valence-electron chi connectivity index (χ0n) is 10.4. The summed E-state index contributed by atoms with van der Waals surface area (Å²) in [6.45, 7) is 10.3. The third-order valence-corrected chi connectivity index (χ3v) is 2.89. The average molecular weight is 219 g/mol. The monoisotopic (exact) mass is 219 g/mol. The molecule has 1 rings (SSSR count). The molecule has 0 amide bonds. The Kier molecular flexibility index (Phi) is 5.06. The molecule has 1 atom stereocenters. The molecule has 0 fully saturated rings. The number of hydrogen-bond donors (Lipinski definition) is 0. The second-order valence-corrected chi connectivity index (χ2v) is 3.64. The van der Waals surface area contributed by atoms with Crippen LogP contribution in [0.3, 0.4) is 0 Å². The van der Waals surface area contributed by atoms with Gasteiger partial charge in [-0.3, -0.25) is 4.90 Å². The van der Waals surface area contributed by atoms with Crippen LogP contribution in [0.4, 0.5) is 0 Å². The second-order valence-electron chi connectivity index (χ2n) is 3.64. The van der Waals surface area contributed by atoms with Gasteiger partial charge in [0.25, 0.3) is 0 Å². The minimum Gasteiger partial charge on any atom is -0.496 e. The maximum Gasteiger partial charge on any atom is 0.123 e. The average Bonchev–Trinajstić information content (AvgIpc) is 2.35. The summed E-state index contributed by atoms with van der Waals surface area (Å²) in [5.74, 6) is 0.930. The molecule has 0 saturated heterocycles. The lowest BCUT2D eigenvalue weighted by Gasteiger charge is -2.28. The molecule has 0 aromatic heterocycles. The fourth-order valence-electron chi connectivity index (χ4n) is 2.00. The van der Waals surface area contributed by atoms with Gasteiger partial charge in [-0.25, -0.2) is 0 Å². The normalized spacial score (nSPS) is 12.5. The molecular formula is C14H21NO. The van der Waals surface area contributed by atoms with Gasteiger partial charge in [0.15, 0.2) is 0 Å². The van der Waals surface area contributed by atoms with E-state index in [1.54, 1.807) is 7.11 Å². The largest absolute Gasteiger partial charge is 0.496 e. The molecule has 88 valence electrons. The molecule has 2 heteroatoms. The van der Waals surface area contributed by atoms with Crippen molar-refractivity contribution in [1.29, 1.82) is 0 Å². The first kappa shape index (κ1) is 12.8. The standard InChI is InChI=1S/C14H21NO/c1-5-13(15(6-2)7-3)12-10-8-9-11-14(12)16-4/h5,8-11,13H,1,6-7H2,2-4H3. The molecule has 1 unspecified atom stereocenters. The van der Waals surface area contributed by atoms with Gasteiger partial charge in [0.1, 0.15) is 5.75 Å². The van der Waals surface area contributed by atoms with Crippen molar-refractivity contribution in [3.63, 3.8) is 0 Å². The number of methoxy groups -OCH3 is 1. The van der Waals surface area contributed by atoms with Crippen molar-refractivity contribution in [1.82, 2.24) is 4.90 Å². The van der Waals surface area contributed by atoms with Crippen LogP contribution in [-0.2, 0) is 0 Å². The summed E-state index contributed by atoms with van der Waals surface area (Å²) in [4.78, 5) is 2.35. The molecule has 1 aromatic rings. The molecule has 0 aliphatic rings. The summed E-state index contributed by atoms with van der Waals surface area (Å²) in [7, 11) is 1.71. The van der Waals surface area contributed by atoms with E-state index in [9.17, 15) is 0 Å². The lowest BCUT2D eigenvalue weighted by Crippen LogP contribution is -2.27. The Balaban J connectivity index is 3.06. The lowest BCUT2D eigenvalue weighted by atomic mass is 10.0. The van der Waals surface area contributed by atoms with Gasteiger partial charge < -0.3 is 4.74 Å². The van der Waals surface area contributed by atoms with Crippen LogP contribution < -0.4 is 4.74 Å². The maximum absolute atomic E-state index is 5.39. The molecule has 0 N–H and O–H groups in total. The van der Waals surface area contributed by atoms with Crippen LogP contribution in [-0.4, -0.2) is 25.1 Å². The van der Waals surface area contributed by atoms with Gasteiger partial charge >= 0.3 is 0 Å². The van der Waals surface area contributed by atoms with E-state index in [-0.39, 0.29) is 6.04 Å². The zero-order chi connectivity index (χ0) is 12.0. The van der Waals surface area contributed by atoms with Crippen LogP contribution in [0.2, 0.25) is 0 Å². The third-order valence-electron chi connectivity index (χ3n) is 2.89. The Morgan fingerprint density at radius 2 is 1.94 bits per heavy atom. The van der Waals surface area contributed by atoms with Crippen molar-refractivity contribution in [3.05, 3.63) is 42.5 Å². The van der Waals surface area contributed by atoms with E-state index in [0.717, 1.165) is 18.8 Å². The molecule has 0 heterocycles. The second kappa shape index (κ2) is 6.33. The molecule has 2 nitrogen and oxygen atoms in total. The van der Waals surface area contributed by atoms with Gasteiger partial charge in [-0.2, -0.15) is 0 Å². The first-order valence-corrected chi connectivity index (χ1v) is 5.77. The van der Waals surface area contributed by atoms with Crippen molar-refractivity contribution in [3.8, 4) is 5.75 Å². The Morgan fingerprint density at radius 1 is 1.31 bits per heavy atom. The number of hydrogen-bond acceptors (Lipinski definition) is 2. The Bertz CT molecular complexity index is 331. The quantitative estimate of drug-likeness (QED) is 0.681. The van der Waals surface area contributed by atoms with Crippen molar-refractivity contribution < 1.29 is 4.74 Å². The molecule has 0 bridgehead atoms. The van der Waals surface area contributed by atoms with Gasteiger partial charge in [0, 0.05) is 5.56 Å². The predicted octanol–water partition coefficient (Wildman–Crippen LogP) is 3.26. The summed E-state index contributed by atoms with van der Waals surface area (Å²) in [5, 5.41) is 0.